The maximum absolute atomic E-state index is 13.8. The van der Waals surface area contributed by atoms with Crippen LogP contribution in [0.5, 0.6) is 0 Å². The number of likely N-dealkylation sites (tertiary alicyclic amines) is 1. The molecule has 0 spiro atoms. The van der Waals surface area contributed by atoms with Gasteiger partial charge in [0, 0.05) is 31.3 Å². The first-order valence-electron chi connectivity index (χ1n) is 6.53. The molecule has 1 fully saturated rings. The highest BCUT2D eigenvalue weighted by molar-refractivity contribution is 5.36. The van der Waals surface area contributed by atoms with Gasteiger partial charge in [-0.15, -0.1) is 0 Å². The molecule has 19 heavy (non-hydrogen) atoms. The van der Waals surface area contributed by atoms with E-state index in [4.69, 9.17) is 0 Å². The third kappa shape index (κ3) is 3.71. The van der Waals surface area contributed by atoms with E-state index in [9.17, 15) is 14.5 Å². The summed E-state index contributed by atoms with van der Waals surface area (Å²) >= 11 is 0. The van der Waals surface area contributed by atoms with Crippen molar-refractivity contribution in [2.75, 3.05) is 26.2 Å². The average Bonchev–Trinajstić information content (AvgIpc) is 2.89. The minimum absolute atomic E-state index is 0.321. The van der Waals surface area contributed by atoms with Gasteiger partial charge in [-0.25, -0.2) is 0 Å². The maximum atomic E-state index is 13.8. The lowest BCUT2D eigenvalue weighted by atomic mass is 10.2. The van der Waals surface area contributed by atoms with Gasteiger partial charge in [0.1, 0.15) is 0 Å². The molecule has 0 aromatic heterocycles. The molecular formula is C13H18FN3O2. The molecule has 0 bridgehead atoms. The number of benzene rings is 1. The number of nitrogens with zero attached hydrogens (tertiary/aromatic N) is 2. The second kappa shape index (κ2) is 6.58. The van der Waals surface area contributed by atoms with E-state index in [0.29, 0.717) is 12.1 Å². The maximum Gasteiger partial charge on any atom is 0.305 e. The molecule has 1 saturated heterocycles. The van der Waals surface area contributed by atoms with Crippen molar-refractivity contribution in [3.05, 3.63) is 39.7 Å². The Kier molecular flexibility index (Phi) is 4.81. The second-order valence-corrected chi connectivity index (χ2v) is 4.73. The largest absolute Gasteiger partial charge is 0.311 e. The Morgan fingerprint density at radius 2 is 2.11 bits per heavy atom. The van der Waals surface area contributed by atoms with E-state index in [2.05, 4.69) is 10.2 Å². The molecule has 1 aromatic carbocycles. The van der Waals surface area contributed by atoms with E-state index in [1.165, 1.54) is 25.0 Å². The lowest BCUT2D eigenvalue weighted by molar-refractivity contribution is -0.387. The predicted octanol–water partition coefficient (Wildman–Crippen LogP) is 1.92. The van der Waals surface area contributed by atoms with E-state index >= 15 is 0 Å². The highest BCUT2D eigenvalue weighted by Gasteiger charge is 2.16. The third-order valence-electron chi connectivity index (χ3n) is 3.37. The summed E-state index contributed by atoms with van der Waals surface area (Å²) in [6.45, 7) is 4.29. The molecule has 0 amide bonds. The standard InChI is InChI=1S/C13H18FN3O2/c14-13-11(4-3-5-12(13)17(18)19)10-15-6-9-16-7-1-2-8-16/h3-5,15H,1-2,6-10H2. The van der Waals surface area contributed by atoms with Crippen LogP contribution in [0.3, 0.4) is 0 Å². The van der Waals surface area contributed by atoms with Crippen molar-refractivity contribution in [3.63, 3.8) is 0 Å². The molecule has 0 aliphatic carbocycles. The van der Waals surface area contributed by atoms with Crippen LogP contribution >= 0.6 is 0 Å². The predicted molar refractivity (Wildman–Crippen MR) is 70.4 cm³/mol. The van der Waals surface area contributed by atoms with Crippen LogP contribution in [0.15, 0.2) is 18.2 Å². The summed E-state index contributed by atoms with van der Waals surface area (Å²) in [5.74, 6) is -0.735. The zero-order valence-corrected chi connectivity index (χ0v) is 10.8. The summed E-state index contributed by atoms with van der Waals surface area (Å²) in [5.41, 5.74) is -0.116. The highest BCUT2D eigenvalue weighted by Crippen LogP contribution is 2.19. The van der Waals surface area contributed by atoms with E-state index < -0.39 is 16.4 Å². The smallest absolute Gasteiger partial charge is 0.305 e. The minimum Gasteiger partial charge on any atom is -0.311 e. The van der Waals surface area contributed by atoms with Crippen molar-refractivity contribution >= 4 is 5.69 Å². The quantitative estimate of drug-likeness (QED) is 0.486. The summed E-state index contributed by atoms with van der Waals surface area (Å²) in [6.07, 6.45) is 2.50. The first kappa shape index (κ1) is 13.9. The molecule has 1 N–H and O–H groups in total. The van der Waals surface area contributed by atoms with E-state index in [1.54, 1.807) is 6.07 Å². The van der Waals surface area contributed by atoms with Gasteiger partial charge in [-0.3, -0.25) is 10.1 Å². The van der Waals surface area contributed by atoms with Crippen LogP contribution < -0.4 is 5.32 Å². The highest BCUT2D eigenvalue weighted by atomic mass is 19.1. The van der Waals surface area contributed by atoms with Crippen molar-refractivity contribution in [1.82, 2.24) is 10.2 Å². The van der Waals surface area contributed by atoms with Gasteiger partial charge >= 0.3 is 5.69 Å². The van der Waals surface area contributed by atoms with Crippen LogP contribution in [0.1, 0.15) is 18.4 Å². The Hall–Kier alpha value is -1.53. The van der Waals surface area contributed by atoms with Gasteiger partial charge in [-0.05, 0) is 25.9 Å². The molecule has 1 aliphatic heterocycles. The molecule has 0 unspecified atom stereocenters. The summed E-state index contributed by atoms with van der Waals surface area (Å²) in [4.78, 5) is 12.3. The van der Waals surface area contributed by atoms with Gasteiger partial charge in [0.2, 0.25) is 5.82 Å². The third-order valence-corrected chi connectivity index (χ3v) is 3.37. The minimum atomic E-state index is -0.735. The van der Waals surface area contributed by atoms with Gasteiger partial charge in [-0.2, -0.15) is 4.39 Å². The Labute approximate surface area is 111 Å². The van der Waals surface area contributed by atoms with Crippen molar-refractivity contribution in [1.29, 1.82) is 0 Å². The van der Waals surface area contributed by atoms with E-state index in [0.717, 1.165) is 26.2 Å². The number of nitro groups is 1. The van der Waals surface area contributed by atoms with Gasteiger partial charge in [0.25, 0.3) is 0 Å². The van der Waals surface area contributed by atoms with Crippen molar-refractivity contribution in [2.45, 2.75) is 19.4 Å². The molecule has 1 aliphatic rings. The number of hydrogen-bond acceptors (Lipinski definition) is 4. The number of hydrogen-bond donors (Lipinski definition) is 1. The fraction of sp³-hybridized carbons (Fsp3) is 0.538. The molecule has 0 saturated carbocycles. The fourth-order valence-electron chi connectivity index (χ4n) is 2.31. The molecule has 5 nitrogen and oxygen atoms in total. The van der Waals surface area contributed by atoms with Crippen molar-refractivity contribution in [3.8, 4) is 0 Å². The number of halogens is 1. The molecule has 1 aromatic rings. The number of nitrogens with one attached hydrogen (secondary N) is 1. The fourth-order valence-corrected chi connectivity index (χ4v) is 2.31. The molecule has 2 rings (SSSR count). The lowest BCUT2D eigenvalue weighted by Gasteiger charge is -2.14. The lowest BCUT2D eigenvalue weighted by Crippen LogP contribution is -2.29. The Bertz CT molecular complexity index is 448. The van der Waals surface area contributed by atoms with E-state index in [-0.39, 0.29) is 0 Å². The summed E-state index contributed by atoms with van der Waals surface area (Å²) in [6, 6.07) is 4.27. The molecule has 6 heteroatoms. The zero-order valence-electron chi connectivity index (χ0n) is 10.8. The van der Waals surface area contributed by atoms with Crippen molar-refractivity contribution < 1.29 is 9.31 Å². The first-order chi connectivity index (χ1) is 9.18. The van der Waals surface area contributed by atoms with Gasteiger partial charge in [-0.1, -0.05) is 12.1 Å². The van der Waals surface area contributed by atoms with Gasteiger partial charge in [0.15, 0.2) is 0 Å². The number of rotatable bonds is 6. The van der Waals surface area contributed by atoms with E-state index in [1.807, 2.05) is 0 Å². The average molecular weight is 267 g/mol. The summed E-state index contributed by atoms with van der Waals surface area (Å²) in [5, 5.41) is 13.7. The monoisotopic (exact) mass is 267 g/mol. The van der Waals surface area contributed by atoms with Crippen LogP contribution in [0.4, 0.5) is 10.1 Å². The van der Waals surface area contributed by atoms with Crippen LogP contribution in [-0.4, -0.2) is 36.0 Å². The SMILES string of the molecule is O=[N+]([O-])c1cccc(CNCCN2CCCC2)c1F. The Morgan fingerprint density at radius 3 is 2.79 bits per heavy atom. The van der Waals surface area contributed by atoms with Crippen LogP contribution in [0.25, 0.3) is 0 Å². The topological polar surface area (TPSA) is 58.4 Å². The van der Waals surface area contributed by atoms with Crippen LogP contribution in [0, 0.1) is 15.9 Å². The van der Waals surface area contributed by atoms with Crippen LogP contribution in [0.2, 0.25) is 0 Å². The molecule has 104 valence electrons. The summed E-state index contributed by atoms with van der Waals surface area (Å²) < 4.78 is 13.8. The summed E-state index contributed by atoms with van der Waals surface area (Å²) in [7, 11) is 0. The van der Waals surface area contributed by atoms with Gasteiger partial charge in [0.05, 0.1) is 4.92 Å². The Balaban J connectivity index is 1.82. The molecule has 0 radical (unpaired) electrons. The van der Waals surface area contributed by atoms with Gasteiger partial charge < -0.3 is 10.2 Å². The molecular weight excluding hydrogens is 249 g/mol. The van der Waals surface area contributed by atoms with Crippen LogP contribution in [-0.2, 0) is 6.54 Å². The van der Waals surface area contributed by atoms with Crippen molar-refractivity contribution in [2.24, 2.45) is 0 Å². The normalized spacial score (nSPS) is 15.8. The Morgan fingerprint density at radius 1 is 1.37 bits per heavy atom. The zero-order chi connectivity index (χ0) is 13.7. The molecule has 1 heterocycles. The second-order valence-electron chi connectivity index (χ2n) is 4.73. The molecule has 0 atom stereocenters. The number of nitro benzene ring substituents is 1. The first-order valence-corrected chi connectivity index (χ1v) is 6.53.